The molecule has 4 heteroatoms. The van der Waals surface area contributed by atoms with Gasteiger partial charge in [-0.3, -0.25) is 0 Å². The molecule has 2 rings (SSSR count). The first-order valence-corrected chi connectivity index (χ1v) is 5.72. The van der Waals surface area contributed by atoms with Crippen LogP contribution < -0.4 is 5.32 Å². The third-order valence-electron chi connectivity index (χ3n) is 3.29. The highest BCUT2D eigenvalue weighted by Gasteiger charge is 2.35. The second-order valence-corrected chi connectivity index (χ2v) is 4.64. The topological polar surface area (TPSA) is 51.0 Å². The number of rotatable bonds is 4. The van der Waals surface area contributed by atoms with E-state index in [1.165, 1.54) is 25.7 Å². The molecule has 0 radical (unpaired) electrons. The van der Waals surface area contributed by atoms with Crippen LogP contribution in [0.5, 0.6) is 0 Å². The molecular formula is C11H19N3O. The Morgan fingerprint density at radius 2 is 2.13 bits per heavy atom. The van der Waals surface area contributed by atoms with Crippen LogP contribution in [0.3, 0.4) is 0 Å². The van der Waals surface area contributed by atoms with Crippen molar-refractivity contribution in [1.82, 2.24) is 15.5 Å². The molecule has 0 atom stereocenters. The van der Waals surface area contributed by atoms with Crippen LogP contribution in [0.15, 0.2) is 4.52 Å². The molecule has 0 saturated heterocycles. The number of aromatic nitrogens is 2. The fourth-order valence-electron chi connectivity index (χ4n) is 2.21. The molecule has 1 saturated carbocycles. The van der Waals surface area contributed by atoms with Gasteiger partial charge in [-0.25, -0.2) is 0 Å². The number of hydrogen-bond donors (Lipinski definition) is 1. The molecule has 0 amide bonds. The molecule has 1 aliphatic carbocycles. The smallest absolute Gasteiger partial charge is 0.232 e. The van der Waals surface area contributed by atoms with Crippen molar-refractivity contribution < 1.29 is 4.52 Å². The highest BCUT2D eigenvalue weighted by Crippen LogP contribution is 2.39. The van der Waals surface area contributed by atoms with Crippen molar-refractivity contribution in [2.75, 3.05) is 13.6 Å². The first-order chi connectivity index (χ1) is 7.24. The van der Waals surface area contributed by atoms with Crippen LogP contribution in [0, 0.1) is 0 Å². The summed E-state index contributed by atoms with van der Waals surface area (Å²) in [4.78, 5) is 4.48. The minimum absolute atomic E-state index is 0.144. The van der Waals surface area contributed by atoms with Gasteiger partial charge in [-0.2, -0.15) is 4.98 Å². The SMILES string of the molecule is CNCCc1noc(C2(C)CCCC2)n1. The van der Waals surface area contributed by atoms with Crippen molar-refractivity contribution in [1.29, 1.82) is 0 Å². The average Bonchev–Trinajstić information content (AvgIpc) is 2.84. The Kier molecular flexibility index (Phi) is 3.05. The van der Waals surface area contributed by atoms with Crippen molar-refractivity contribution in [3.05, 3.63) is 11.7 Å². The summed E-state index contributed by atoms with van der Waals surface area (Å²) in [6.07, 6.45) is 5.77. The van der Waals surface area contributed by atoms with Gasteiger partial charge in [0.1, 0.15) is 0 Å². The van der Waals surface area contributed by atoms with Gasteiger partial charge in [-0.1, -0.05) is 24.9 Å². The molecule has 1 aromatic rings. The number of nitrogens with zero attached hydrogens (tertiary/aromatic N) is 2. The molecule has 0 unspecified atom stereocenters. The molecule has 0 bridgehead atoms. The molecule has 0 spiro atoms. The predicted octanol–water partition coefficient (Wildman–Crippen LogP) is 1.66. The zero-order valence-corrected chi connectivity index (χ0v) is 9.55. The molecule has 1 aromatic heterocycles. The zero-order chi connectivity index (χ0) is 10.7. The molecule has 1 N–H and O–H groups in total. The Morgan fingerprint density at radius 1 is 1.40 bits per heavy atom. The van der Waals surface area contributed by atoms with Gasteiger partial charge >= 0.3 is 0 Å². The van der Waals surface area contributed by atoms with Crippen LogP contribution in [0.4, 0.5) is 0 Å². The van der Waals surface area contributed by atoms with Crippen molar-refractivity contribution in [2.45, 2.75) is 44.4 Å². The van der Waals surface area contributed by atoms with Gasteiger partial charge in [0, 0.05) is 18.4 Å². The van der Waals surface area contributed by atoms with E-state index in [-0.39, 0.29) is 5.41 Å². The molecule has 1 heterocycles. The monoisotopic (exact) mass is 209 g/mol. The van der Waals surface area contributed by atoms with E-state index in [4.69, 9.17) is 4.52 Å². The third-order valence-corrected chi connectivity index (χ3v) is 3.29. The second kappa shape index (κ2) is 4.31. The molecular weight excluding hydrogens is 190 g/mol. The zero-order valence-electron chi connectivity index (χ0n) is 9.55. The summed E-state index contributed by atoms with van der Waals surface area (Å²) in [5.41, 5.74) is 0.144. The molecule has 0 aromatic carbocycles. The Morgan fingerprint density at radius 3 is 2.80 bits per heavy atom. The molecule has 4 nitrogen and oxygen atoms in total. The lowest BCUT2D eigenvalue weighted by Gasteiger charge is -2.16. The molecule has 1 fully saturated rings. The lowest BCUT2D eigenvalue weighted by molar-refractivity contribution is 0.294. The lowest BCUT2D eigenvalue weighted by atomic mass is 9.89. The van der Waals surface area contributed by atoms with Gasteiger partial charge in [0.2, 0.25) is 5.89 Å². The highest BCUT2D eigenvalue weighted by molar-refractivity contribution is 5.05. The largest absolute Gasteiger partial charge is 0.339 e. The summed E-state index contributed by atoms with van der Waals surface area (Å²) in [7, 11) is 1.93. The van der Waals surface area contributed by atoms with Gasteiger partial charge in [0.15, 0.2) is 5.82 Å². The Balaban J connectivity index is 2.05. The van der Waals surface area contributed by atoms with Crippen molar-refractivity contribution in [3.63, 3.8) is 0 Å². The van der Waals surface area contributed by atoms with Crippen LogP contribution in [-0.4, -0.2) is 23.7 Å². The van der Waals surface area contributed by atoms with Gasteiger partial charge in [0.05, 0.1) is 0 Å². The molecule has 1 aliphatic rings. The van der Waals surface area contributed by atoms with E-state index in [0.717, 1.165) is 24.7 Å². The first kappa shape index (κ1) is 10.6. The summed E-state index contributed by atoms with van der Waals surface area (Å²) >= 11 is 0. The van der Waals surface area contributed by atoms with Gasteiger partial charge in [-0.05, 0) is 19.9 Å². The van der Waals surface area contributed by atoms with E-state index in [1.807, 2.05) is 7.05 Å². The predicted molar refractivity (Wildman–Crippen MR) is 57.7 cm³/mol. The number of hydrogen-bond acceptors (Lipinski definition) is 4. The summed E-state index contributed by atoms with van der Waals surface area (Å²) in [5, 5.41) is 7.10. The maximum atomic E-state index is 5.36. The van der Waals surface area contributed by atoms with E-state index in [9.17, 15) is 0 Å². The summed E-state index contributed by atoms with van der Waals surface area (Å²) in [5.74, 6) is 1.67. The van der Waals surface area contributed by atoms with E-state index >= 15 is 0 Å². The normalized spacial score (nSPS) is 19.6. The van der Waals surface area contributed by atoms with Crippen molar-refractivity contribution in [2.24, 2.45) is 0 Å². The quantitative estimate of drug-likeness (QED) is 0.819. The third kappa shape index (κ3) is 2.20. The van der Waals surface area contributed by atoms with E-state index in [1.54, 1.807) is 0 Å². The summed E-state index contributed by atoms with van der Waals surface area (Å²) in [6, 6.07) is 0. The fraction of sp³-hybridized carbons (Fsp3) is 0.818. The minimum atomic E-state index is 0.144. The van der Waals surface area contributed by atoms with Gasteiger partial charge in [-0.15, -0.1) is 0 Å². The summed E-state index contributed by atoms with van der Waals surface area (Å²) < 4.78 is 5.36. The fourth-order valence-corrected chi connectivity index (χ4v) is 2.21. The number of likely N-dealkylation sites (N-methyl/N-ethyl adjacent to an activating group) is 1. The number of nitrogens with one attached hydrogen (secondary N) is 1. The Labute approximate surface area is 90.4 Å². The van der Waals surface area contributed by atoms with Crippen LogP contribution in [0.1, 0.15) is 44.3 Å². The van der Waals surface area contributed by atoms with E-state index in [0.29, 0.717) is 0 Å². The van der Waals surface area contributed by atoms with Crippen molar-refractivity contribution >= 4 is 0 Å². The standard InChI is InChI=1S/C11H19N3O/c1-11(6-3-4-7-11)10-13-9(14-15-10)5-8-12-2/h12H,3-8H2,1-2H3. The minimum Gasteiger partial charge on any atom is -0.339 e. The van der Waals surface area contributed by atoms with Crippen LogP contribution in [-0.2, 0) is 11.8 Å². The Bertz CT molecular complexity index is 315. The van der Waals surface area contributed by atoms with Crippen LogP contribution in [0.2, 0.25) is 0 Å². The van der Waals surface area contributed by atoms with Crippen LogP contribution >= 0.6 is 0 Å². The molecule has 84 valence electrons. The first-order valence-electron chi connectivity index (χ1n) is 5.72. The highest BCUT2D eigenvalue weighted by atomic mass is 16.5. The van der Waals surface area contributed by atoms with E-state index in [2.05, 4.69) is 22.4 Å². The van der Waals surface area contributed by atoms with E-state index < -0.39 is 0 Å². The second-order valence-electron chi connectivity index (χ2n) is 4.64. The Hall–Kier alpha value is -0.900. The molecule has 0 aliphatic heterocycles. The maximum absolute atomic E-state index is 5.36. The lowest BCUT2D eigenvalue weighted by Crippen LogP contribution is -2.17. The van der Waals surface area contributed by atoms with Crippen molar-refractivity contribution in [3.8, 4) is 0 Å². The average molecular weight is 209 g/mol. The van der Waals surface area contributed by atoms with Gasteiger partial charge < -0.3 is 9.84 Å². The van der Waals surface area contributed by atoms with Crippen LogP contribution in [0.25, 0.3) is 0 Å². The van der Waals surface area contributed by atoms with Gasteiger partial charge in [0.25, 0.3) is 0 Å². The summed E-state index contributed by atoms with van der Waals surface area (Å²) in [6.45, 7) is 3.13. The molecule has 15 heavy (non-hydrogen) atoms. The maximum Gasteiger partial charge on any atom is 0.232 e.